The third-order valence-electron chi connectivity index (χ3n) is 2.90. The third kappa shape index (κ3) is 3.79. The molecule has 1 fully saturated rings. The maximum atomic E-state index is 12.0. The summed E-state index contributed by atoms with van der Waals surface area (Å²) in [6.45, 7) is 6.38. The molecule has 0 saturated carbocycles. The van der Waals surface area contributed by atoms with E-state index in [1.807, 2.05) is 0 Å². The molecule has 0 aromatic rings. The molecule has 0 radical (unpaired) electrons. The maximum absolute atomic E-state index is 12.0. The molecule has 1 amide bonds. The number of rotatable bonds is 1. The van der Waals surface area contributed by atoms with E-state index in [2.05, 4.69) is 0 Å². The van der Waals surface area contributed by atoms with Gasteiger partial charge in [-0.15, -0.1) is 0 Å². The first-order valence-corrected chi connectivity index (χ1v) is 6.11. The molecule has 1 heterocycles. The number of carbonyl (C=O) groups is 1. The van der Waals surface area contributed by atoms with Crippen molar-refractivity contribution in [2.45, 2.75) is 57.3 Å². The first kappa shape index (κ1) is 16.2. The van der Waals surface area contributed by atoms with Gasteiger partial charge in [0.15, 0.2) is 6.29 Å². The average Bonchev–Trinajstić information content (AvgIpc) is 2.21. The van der Waals surface area contributed by atoms with Crippen LogP contribution < -0.4 is 0 Å². The number of likely N-dealkylation sites (N-methyl/N-ethyl adjacent to an activating group) is 1. The van der Waals surface area contributed by atoms with Crippen molar-refractivity contribution in [1.82, 2.24) is 4.90 Å². The molecule has 0 spiro atoms. The number of nitrogens with zero attached hydrogens (tertiary/aromatic N) is 1. The van der Waals surface area contributed by atoms with Gasteiger partial charge in [-0.2, -0.15) is 0 Å². The number of aliphatic hydroxyl groups is 3. The Labute approximate surface area is 112 Å². The fraction of sp³-hybridized carbons (Fsp3) is 0.917. The summed E-state index contributed by atoms with van der Waals surface area (Å²) in [6.07, 6.45) is -3.55. The van der Waals surface area contributed by atoms with Crippen LogP contribution in [-0.2, 0) is 9.47 Å². The summed E-state index contributed by atoms with van der Waals surface area (Å²) in [5.74, 6) is 0. The lowest BCUT2D eigenvalue weighted by molar-refractivity contribution is -0.262. The number of ether oxygens (including phenoxy) is 2. The van der Waals surface area contributed by atoms with Crippen molar-refractivity contribution < 1.29 is 29.6 Å². The van der Waals surface area contributed by atoms with Gasteiger partial charge in [-0.1, -0.05) is 0 Å². The largest absolute Gasteiger partial charge is 0.444 e. The van der Waals surface area contributed by atoms with Crippen LogP contribution in [0.1, 0.15) is 27.7 Å². The SMILES string of the molecule is CN(C(=O)OC(C)(C)C)C1C(O)C(O)OCC1(C)O. The summed E-state index contributed by atoms with van der Waals surface area (Å²) in [5.41, 5.74) is -2.17. The van der Waals surface area contributed by atoms with Gasteiger partial charge in [0, 0.05) is 7.05 Å². The molecule has 1 aliphatic heterocycles. The van der Waals surface area contributed by atoms with E-state index in [9.17, 15) is 20.1 Å². The minimum Gasteiger partial charge on any atom is -0.444 e. The lowest BCUT2D eigenvalue weighted by Gasteiger charge is -2.46. The Morgan fingerprint density at radius 3 is 2.42 bits per heavy atom. The smallest absolute Gasteiger partial charge is 0.410 e. The highest BCUT2D eigenvalue weighted by molar-refractivity contribution is 5.68. The van der Waals surface area contributed by atoms with Crippen molar-refractivity contribution in [2.75, 3.05) is 13.7 Å². The molecule has 1 aliphatic rings. The second-order valence-corrected chi connectivity index (χ2v) is 6.09. The quantitative estimate of drug-likeness (QED) is 0.607. The molecule has 0 aliphatic carbocycles. The van der Waals surface area contributed by atoms with Crippen LogP contribution in [0.25, 0.3) is 0 Å². The van der Waals surface area contributed by atoms with Crippen LogP contribution in [0.4, 0.5) is 4.79 Å². The Hall–Kier alpha value is -0.890. The molecule has 19 heavy (non-hydrogen) atoms. The highest BCUT2D eigenvalue weighted by atomic mass is 16.6. The Morgan fingerprint density at radius 2 is 1.95 bits per heavy atom. The molecule has 1 rings (SSSR count). The summed E-state index contributed by atoms with van der Waals surface area (Å²) in [7, 11) is 1.40. The molecule has 7 heteroatoms. The highest BCUT2D eigenvalue weighted by Gasteiger charge is 2.49. The molecule has 4 atom stereocenters. The van der Waals surface area contributed by atoms with Crippen LogP contribution in [0.15, 0.2) is 0 Å². The van der Waals surface area contributed by atoms with Gasteiger partial charge in [-0.3, -0.25) is 0 Å². The predicted octanol–water partition coefficient (Wildman–Crippen LogP) is -0.318. The molecule has 112 valence electrons. The molecule has 7 nitrogen and oxygen atoms in total. The monoisotopic (exact) mass is 277 g/mol. The number of amides is 1. The van der Waals surface area contributed by atoms with Crippen LogP contribution in [0.2, 0.25) is 0 Å². The van der Waals surface area contributed by atoms with Crippen LogP contribution in [0, 0.1) is 0 Å². The zero-order valence-corrected chi connectivity index (χ0v) is 12.0. The van der Waals surface area contributed by atoms with Gasteiger partial charge in [-0.25, -0.2) is 4.79 Å². The van der Waals surface area contributed by atoms with Gasteiger partial charge < -0.3 is 29.7 Å². The molecule has 1 saturated heterocycles. The van der Waals surface area contributed by atoms with Crippen LogP contribution in [-0.4, -0.2) is 69.6 Å². The molecule has 4 unspecified atom stereocenters. The van der Waals surface area contributed by atoms with Crippen molar-refractivity contribution in [2.24, 2.45) is 0 Å². The molecule has 0 bridgehead atoms. The Kier molecular flexibility index (Phi) is 4.46. The number of carbonyl (C=O) groups excluding carboxylic acids is 1. The number of hydrogen-bond donors (Lipinski definition) is 3. The van der Waals surface area contributed by atoms with E-state index >= 15 is 0 Å². The fourth-order valence-corrected chi connectivity index (χ4v) is 2.06. The van der Waals surface area contributed by atoms with E-state index in [0.717, 1.165) is 4.90 Å². The van der Waals surface area contributed by atoms with Crippen LogP contribution in [0.3, 0.4) is 0 Å². The Morgan fingerprint density at radius 1 is 1.42 bits per heavy atom. The van der Waals surface area contributed by atoms with Gasteiger partial charge in [0.25, 0.3) is 0 Å². The van der Waals surface area contributed by atoms with E-state index in [-0.39, 0.29) is 6.61 Å². The van der Waals surface area contributed by atoms with Crippen molar-refractivity contribution in [3.63, 3.8) is 0 Å². The Balaban J connectivity index is 2.88. The fourth-order valence-electron chi connectivity index (χ4n) is 2.06. The highest BCUT2D eigenvalue weighted by Crippen LogP contribution is 2.27. The minimum atomic E-state index is -1.48. The van der Waals surface area contributed by atoms with Gasteiger partial charge in [0.1, 0.15) is 17.3 Å². The third-order valence-corrected chi connectivity index (χ3v) is 2.90. The van der Waals surface area contributed by atoms with Crippen molar-refractivity contribution in [1.29, 1.82) is 0 Å². The Bertz CT molecular complexity index is 338. The van der Waals surface area contributed by atoms with E-state index in [1.165, 1.54) is 14.0 Å². The van der Waals surface area contributed by atoms with Crippen molar-refractivity contribution >= 4 is 6.09 Å². The first-order chi connectivity index (χ1) is 8.46. The number of hydrogen-bond acceptors (Lipinski definition) is 6. The average molecular weight is 277 g/mol. The molecular weight excluding hydrogens is 254 g/mol. The molecular formula is C12H23NO6. The second-order valence-electron chi connectivity index (χ2n) is 6.09. The molecule has 0 aromatic heterocycles. The second kappa shape index (κ2) is 5.24. The zero-order valence-electron chi connectivity index (χ0n) is 12.0. The van der Waals surface area contributed by atoms with E-state index in [0.29, 0.717) is 0 Å². The maximum Gasteiger partial charge on any atom is 0.410 e. The number of aliphatic hydroxyl groups excluding tert-OH is 2. The van der Waals surface area contributed by atoms with E-state index in [1.54, 1.807) is 20.8 Å². The normalized spacial score (nSPS) is 35.9. The van der Waals surface area contributed by atoms with Crippen LogP contribution >= 0.6 is 0 Å². The summed E-state index contributed by atoms with van der Waals surface area (Å²) in [5, 5.41) is 29.6. The van der Waals surface area contributed by atoms with E-state index < -0.39 is 35.7 Å². The van der Waals surface area contributed by atoms with Gasteiger partial charge in [0.05, 0.1) is 12.6 Å². The lowest BCUT2D eigenvalue weighted by Crippen LogP contribution is -2.66. The summed E-state index contributed by atoms with van der Waals surface area (Å²) in [4.78, 5) is 13.0. The summed E-state index contributed by atoms with van der Waals surface area (Å²) in [6, 6.07) is -1.02. The zero-order chi connectivity index (χ0) is 15.0. The van der Waals surface area contributed by atoms with E-state index in [4.69, 9.17) is 9.47 Å². The summed E-state index contributed by atoms with van der Waals surface area (Å²) < 4.78 is 10.0. The topological polar surface area (TPSA) is 99.5 Å². The predicted molar refractivity (Wildman–Crippen MR) is 66.4 cm³/mol. The minimum absolute atomic E-state index is 0.191. The van der Waals surface area contributed by atoms with Crippen LogP contribution in [0.5, 0.6) is 0 Å². The molecule has 0 aromatic carbocycles. The van der Waals surface area contributed by atoms with Crippen molar-refractivity contribution in [3.05, 3.63) is 0 Å². The van der Waals surface area contributed by atoms with Crippen molar-refractivity contribution in [3.8, 4) is 0 Å². The standard InChI is InChI=1S/C12H23NO6/c1-11(2,3)19-10(16)13(5)8-7(14)9(15)18-6-12(8,4)17/h7-9,14-15,17H,6H2,1-5H3. The molecule has 3 N–H and O–H groups in total. The van der Waals surface area contributed by atoms with Gasteiger partial charge in [-0.05, 0) is 27.7 Å². The lowest BCUT2D eigenvalue weighted by atomic mass is 9.89. The van der Waals surface area contributed by atoms with Gasteiger partial charge >= 0.3 is 6.09 Å². The van der Waals surface area contributed by atoms with Gasteiger partial charge in [0.2, 0.25) is 0 Å². The summed E-state index contributed by atoms with van der Waals surface area (Å²) >= 11 is 0. The first-order valence-electron chi connectivity index (χ1n) is 6.11.